The number of hydrogen-bond donors (Lipinski definition) is 2. The number of ether oxygens (including phenoxy) is 2. The Morgan fingerprint density at radius 2 is 1.82 bits per heavy atom. The van der Waals surface area contributed by atoms with Gasteiger partial charge in [0.2, 0.25) is 16.8 Å². The highest BCUT2D eigenvalue weighted by atomic mass is 35.5. The minimum absolute atomic E-state index is 0. The Morgan fingerprint density at radius 3 is 2.46 bits per heavy atom. The van der Waals surface area contributed by atoms with Gasteiger partial charge in [-0.1, -0.05) is 6.07 Å². The van der Waals surface area contributed by atoms with Crippen LogP contribution in [0.3, 0.4) is 0 Å². The van der Waals surface area contributed by atoms with E-state index >= 15 is 0 Å². The first-order chi connectivity index (χ1) is 12.7. The maximum atomic E-state index is 12.6. The Bertz CT molecular complexity index is 995. The van der Waals surface area contributed by atoms with Gasteiger partial charge in [0.15, 0.2) is 11.5 Å². The third-order valence-corrected chi connectivity index (χ3v) is 6.32. The van der Waals surface area contributed by atoms with Gasteiger partial charge in [0.05, 0.1) is 16.3 Å². The van der Waals surface area contributed by atoms with Crippen molar-refractivity contribution < 1.29 is 22.7 Å². The maximum Gasteiger partial charge on any atom is 0.255 e. The van der Waals surface area contributed by atoms with Crippen LogP contribution in [0.2, 0.25) is 0 Å². The van der Waals surface area contributed by atoms with Crippen LogP contribution in [0.5, 0.6) is 11.5 Å². The summed E-state index contributed by atoms with van der Waals surface area (Å²) in [4.78, 5) is 12.6. The first kappa shape index (κ1) is 21.8. The number of nitrogens with one attached hydrogen (secondary N) is 1. The zero-order valence-corrected chi connectivity index (χ0v) is 17.3. The van der Waals surface area contributed by atoms with E-state index in [1.54, 1.807) is 26.0 Å². The SMILES string of the molecule is CC(C)N(C)S(=O)(=O)c1cccc(C(=O)Nc2cc3c(cc2N)OCO3)c1.Cl. The summed E-state index contributed by atoms with van der Waals surface area (Å²) in [5, 5.41) is 2.68. The molecular weight excluding hydrogens is 406 g/mol. The quantitative estimate of drug-likeness (QED) is 0.709. The highest BCUT2D eigenvalue weighted by molar-refractivity contribution is 7.89. The van der Waals surface area contributed by atoms with Gasteiger partial charge in [0.1, 0.15) is 0 Å². The van der Waals surface area contributed by atoms with Crippen LogP contribution in [0, 0.1) is 0 Å². The van der Waals surface area contributed by atoms with Crippen molar-refractivity contribution >= 4 is 39.7 Å². The lowest BCUT2D eigenvalue weighted by molar-refractivity contribution is 0.102. The van der Waals surface area contributed by atoms with Gasteiger partial charge >= 0.3 is 0 Å². The normalized spacial score (nSPS) is 12.8. The second kappa shape index (κ2) is 8.26. The Kier molecular flexibility index (Phi) is 6.43. The van der Waals surface area contributed by atoms with Crippen LogP contribution in [-0.4, -0.2) is 38.5 Å². The molecule has 2 aromatic carbocycles. The van der Waals surface area contributed by atoms with Crippen molar-refractivity contribution in [3.05, 3.63) is 42.0 Å². The van der Waals surface area contributed by atoms with Gasteiger partial charge in [-0.2, -0.15) is 4.31 Å². The molecule has 3 N–H and O–H groups in total. The van der Waals surface area contributed by atoms with Gasteiger partial charge in [0.25, 0.3) is 5.91 Å². The number of nitrogen functional groups attached to an aromatic ring is 1. The van der Waals surface area contributed by atoms with Crippen molar-refractivity contribution in [3.63, 3.8) is 0 Å². The zero-order chi connectivity index (χ0) is 19.8. The Labute approximate surface area is 170 Å². The maximum absolute atomic E-state index is 12.6. The van der Waals surface area contributed by atoms with E-state index in [9.17, 15) is 13.2 Å². The summed E-state index contributed by atoms with van der Waals surface area (Å²) in [6.45, 7) is 3.64. The lowest BCUT2D eigenvalue weighted by atomic mass is 10.2. The molecule has 0 bridgehead atoms. The summed E-state index contributed by atoms with van der Waals surface area (Å²) in [6.07, 6.45) is 0. The number of fused-ring (bicyclic) bond motifs is 1. The van der Waals surface area contributed by atoms with Gasteiger partial charge in [-0.3, -0.25) is 4.79 Å². The molecule has 1 aliphatic rings. The Morgan fingerprint density at radius 1 is 1.18 bits per heavy atom. The summed E-state index contributed by atoms with van der Waals surface area (Å²) in [5.74, 6) is 0.509. The molecule has 0 unspecified atom stereocenters. The molecule has 2 aromatic rings. The molecule has 1 aliphatic heterocycles. The molecule has 0 fully saturated rings. The lowest BCUT2D eigenvalue weighted by Crippen LogP contribution is -2.33. The van der Waals surface area contributed by atoms with E-state index in [2.05, 4.69) is 5.32 Å². The van der Waals surface area contributed by atoms with Crippen LogP contribution in [-0.2, 0) is 10.0 Å². The summed E-state index contributed by atoms with van der Waals surface area (Å²) in [5.41, 5.74) is 6.81. The molecule has 1 heterocycles. The van der Waals surface area contributed by atoms with Gasteiger partial charge < -0.3 is 20.5 Å². The molecule has 3 rings (SSSR count). The molecule has 8 nitrogen and oxygen atoms in total. The largest absolute Gasteiger partial charge is 0.454 e. The minimum atomic E-state index is -3.69. The predicted octanol–water partition coefficient (Wildman–Crippen LogP) is 2.70. The van der Waals surface area contributed by atoms with E-state index in [1.165, 1.54) is 35.6 Å². The number of hydrogen-bond acceptors (Lipinski definition) is 6. The molecule has 0 radical (unpaired) electrons. The number of sulfonamides is 1. The summed E-state index contributed by atoms with van der Waals surface area (Å²) < 4.78 is 37.0. The monoisotopic (exact) mass is 427 g/mol. The number of nitrogens with zero attached hydrogens (tertiary/aromatic N) is 1. The van der Waals surface area contributed by atoms with Crippen molar-refractivity contribution in [2.45, 2.75) is 24.8 Å². The van der Waals surface area contributed by atoms with E-state index in [0.29, 0.717) is 22.9 Å². The molecule has 0 aromatic heterocycles. The van der Waals surface area contributed by atoms with Crippen LogP contribution in [0.15, 0.2) is 41.3 Å². The standard InChI is InChI=1S/C18H21N3O5S.ClH/c1-11(2)21(3)27(23,24)13-6-4-5-12(7-13)18(22)20-15-9-17-16(8-14(15)19)25-10-26-17;/h4-9,11H,10,19H2,1-3H3,(H,20,22);1H. The number of nitrogens with two attached hydrogens (primary N) is 1. The second-order valence-corrected chi connectivity index (χ2v) is 8.39. The van der Waals surface area contributed by atoms with Crippen LogP contribution >= 0.6 is 12.4 Å². The molecule has 10 heteroatoms. The number of halogens is 1. The van der Waals surface area contributed by atoms with Crippen molar-refractivity contribution in [1.29, 1.82) is 0 Å². The van der Waals surface area contributed by atoms with Crippen LogP contribution in [0.25, 0.3) is 0 Å². The Balaban J connectivity index is 0.00000280. The fraction of sp³-hybridized carbons (Fsp3) is 0.278. The molecule has 152 valence electrons. The average Bonchev–Trinajstić information content (AvgIpc) is 3.08. The van der Waals surface area contributed by atoms with Crippen LogP contribution < -0.4 is 20.5 Å². The van der Waals surface area contributed by atoms with Crippen LogP contribution in [0.1, 0.15) is 24.2 Å². The van der Waals surface area contributed by atoms with Crippen molar-refractivity contribution in [2.24, 2.45) is 0 Å². The first-order valence-electron chi connectivity index (χ1n) is 8.28. The van der Waals surface area contributed by atoms with E-state index in [1.807, 2.05) is 0 Å². The number of rotatable bonds is 5. The van der Waals surface area contributed by atoms with Crippen LogP contribution in [0.4, 0.5) is 11.4 Å². The fourth-order valence-corrected chi connectivity index (χ4v) is 3.92. The number of anilines is 2. The molecule has 0 atom stereocenters. The highest BCUT2D eigenvalue weighted by Gasteiger charge is 2.24. The fourth-order valence-electron chi connectivity index (χ4n) is 2.50. The summed E-state index contributed by atoms with van der Waals surface area (Å²) in [6, 6.07) is 8.79. The molecule has 28 heavy (non-hydrogen) atoms. The third kappa shape index (κ3) is 4.16. The number of carbonyl (C=O) groups is 1. The zero-order valence-electron chi connectivity index (χ0n) is 15.6. The van der Waals surface area contributed by atoms with Crippen molar-refractivity contribution in [2.75, 3.05) is 24.9 Å². The topological polar surface area (TPSA) is 111 Å². The molecule has 0 saturated heterocycles. The number of amides is 1. The summed E-state index contributed by atoms with van der Waals surface area (Å²) >= 11 is 0. The minimum Gasteiger partial charge on any atom is -0.454 e. The number of benzene rings is 2. The lowest BCUT2D eigenvalue weighted by Gasteiger charge is -2.21. The van der Waals surface area contributed by atoms with Crippen molar-refractivity contribution in [3.8, 4) is 11.5 Å². The predicted molar refractivity (Wildman–Crippen MR) is 109 cm³/mol. The van der Waals surface area contributed by atoms with Gasteiger partial charge in [-0.05, 0) is 32.0 Å². The van der Waals surface area contributed by atoms with E-state index in [0.717, 1.165) is 0 Å². The van der Waals surface area contributed by atoms with E-state index in [4.69, 9.17) is 15.2 Å². The highest BCUT2D eigenvalue weighted by Crippen LogP contribution is 2.38. The summed E-state index contributed by atoms with van der Waals surface area (Å²) in [7, 11) is -2.19. The third-order valence-electron chi connectivity index (χ3n) is 4.29. The molecule has 0 saturated carbocycles. The van der Waals surface area contributed by atoms with Crippen molar-refractivity contribution in [1.82, 2.24) is 4.31 Å². The molecule has 0 spiro atoms. The average molecular weight is 428 g/mol. The van der Waals surface area contributed by atoms with E-state index in [-0.39, 0.29) is 35.7 Å². The smallest absolute Gasteiger partial charge is 0.255 e. The Hall–Kier alpha value is -2.49. The molecular formula is C18H22ClN3O5S. The first-order valence-corrected chi connectivity index (χ1v) is 9.72. The van der Waals surface area contributed by atoms with Gasteiger partial charge in [-0.15, -0.1) is 12.4 Å². The molecule has 1 amide bonds. The van der Waals surface area contributed by atoms with Gasteiger partial charge in [0, 0.05) is 30.8 Å². The number of carbonyl (C=O) groups excluding carboxylic acids is 1. The molecule has 0 aliphatic carbocycles. The van der Waals surface area contributed by atoms with Gasteiger partial charge in [-0.25, -0.2) is 8.42 Å². The second-order valence-electron chi connectivity index (χ2n) is 6.39. The van der Waals surface area contributed by atoms with E-state index < -0.39 is 15.9 Å².